The molecule has 0 unspecified atom stereocenters. The van der Waals surface area contributed by atoms with Crippen LogP contribution in [0.15, 0.2) is 0 Å². The summed E-state index contributed by atoms with van der Waals surface area (Å²) in [7, 11) is 1.83. The summed E-state index contributed by atoms with van der Waals surface area (Å²) in [5.74, 6) is 0. The van der Waals surface area contributed by atoms with Gasteiger partial charge in [0.05, 0.1) is 12.3 Å². The summed E-state index contributed by atoms with van der Waals surface area (Å²) < 4.78 is 1.68. The highest BCUT2D eigenvalue weighted by molar-refractivity contribution is 6.30. The Balaban J connectivity index is 2.74. The molecule has 86 valence electrons. The van der Waals surface area contributed by atoms with E-state index in [1.807, 2.05) is 14.0 Å². The number of aliphatic hydroxyl groups is 1. The zero-order chi connectivity index (χ0) is 11.4. The largest absolute Gasteiger partial charge is 0.395 e. The summed E-state index contributed by atoms with van der Waals surface area (Å²) in [5.41, 5.74) is 2.04. The number of hydrogen-bond donors (Lipinski definition) is 2. The first-order valence-electron chi connectivity index (χ1n) is 5.14. The van der Waals surface area contributed by atoms with Gasteiger partial charge in [0.2, 0.25) is 0 Å². The topological polar surface area (TPSA) is 50.1 Å². The van der Waals surface area contributed by atoms with Crippen LogP contribution >= 0.6 is 11.6 Å². The highest BCUT2D eigenvalue weighted by atomic mass is 35.5. The second kappa shape index (κ2) is 5.49. The zero-order valence-corrected chi connectivity index (χ0v) is 10.2. The van der Waals surface area contributed by atoms with Crippen LogP contribution in [0.3, 0.4) is 0 Å². The molecular weight excluding hydrogens is 214 g/mol. The molecule has 0 aromatic carbocycles. The minimum absolute atomic E-state index is 0.0750. The van der Waals surface area contributed by atoms with Crippen molar-refractivity contribution in [1.29, 1.82) is 0 Å². The highest BCUT2D eigenvalue weighted by Crippen LogP contribution is 2.19. The summed E-state index contributed by atoms with van der Waals surface area (Å²) in [6.45, 7) is 4.75. The van der Waals surface area contributed by atoms with E-state index in [0.29, 0.717) is 11.7 Å². The molecule has 1 atom stereocenters. The molecule has 15 heavy (non-hydrogen) atoms. The minimum atomic E-state index is 0.0750. The molecule has 1 aromatic rings. The molecule has 1 heterocycles. The quantitative estimate of drug-likeness (QED) is 0.798. The van der Waals surface area contributed by atoms with Crippen molar-refractivity contribution in [3.05, 3.63) is 16.4 Å². The van der Waals surface area contributed by atoms with Gasteiger partial charge in [0, 0.05) is 25.2 Å². The van der Waals surface area contributed by atoms with E-state index in [9.17, 15) is 0 Å². The normalized spacial score (nSPS) is 13.1. The van der Waals surface area contributed by atoms with Gasteiger partial charge in [-0.05, 0) is 13.3 Å². The van der Waals surface area contributed by atoms with E-state index >= 15 is 0 Å². The van der Waals surface area contributed by atoms with E-state index in [1.54, 1.807) is 4.68 Å². The number of rotatable bonds is 5. The van der Waals surface area contributed by atoms with Gasteiger partial charge >= 0.3 is 0 Å². The third-order valence-electron chi connectivity index (χ3n) is 2.39. The van der Waals surface area contributed by atoms with Gasteiger partial charge in [0.15, 0.2) is 0 Å². The fourth-order valence-electron chi connectivity index (χ4n) is 1.40. The Morgan fingerprint density at radius 1 is 1.60 bits per heavy atom. The molecular formula is C10H18ClN3O. The average Bonchev–Trinajstić information content (AvgIpc) is 2.52. The predicted molar refractivity (Wildman–Crippen MR) is 61.0 cm³/mol. The SMILES string of the molecule is CCc1nn(C)c(Cl)c1CN[C@@H](C)CO. The fourth-order valence-corrected chi connectivity index (χ4v) is 1.61. The van der Waals surface area contributed by atoms with Crippen molar-refractivity contribution in [3.8, 4) is 0 Å². The van der Waals surface area contributed by atoms with Crippen molar-refractivity contribution < 1.29 is 5.11 Å². The summed E-state index contributed by atoms with van der Waals surface area (Å²) in [6.07, 6.45) is 0.866. The molecule has 0 aliphatic heterocycles. The summed E-state index contributed by atoms with van der Waals surface area (Å²) in [4.78, 5) is 0. The molecule has 0 saturated carbocycles. The summed E-state index contributed by atoms with van der Waals surface area (Å²) in [6, 6.07) is 0.0750. The van der Waals surface area contributed by atoms with Crippen LogP contribution in [0, 0.1) is 0 Å². The third kappa shape index (κ3) is 2.93. The van der Waals surface area contributed by atoms with Gasteiger partial charge in [-0.1, -0.05) is 18.5 Å². The maximum atomic E-state index is 8.90. The Hall–Kier alpha value is -0.580. The Morgan fingerprint density at radius 3 is 2.80 bits per heavy atom. The van der Waals surface area contributed by atoms with Crippen LogP contribution in [-0.2, 0) is 20.0 Å². The van der Waals surface area contributed by atoms with E-state index < -0.39 is 0 Å². The molecule has 0 amide bonds. The van der Waals surface area contributed by atoms with Gasteiger partial charge in [0.25, 0.3) is 0 Å². The van der Waals surface area contributed by atoms with Gasteiger partial charge in [-0.15, -0.1) is 0 Å². The van der Waals surface area contributed by atoms with Crippen LogP contribution in [0.2, 0.25) is 5.15 Å². The first-order chi connectivity index (χ1) is 7.10. The fraction of sp³-hybridized carbons (Fsp3) is 0.700. The van der Waals surface area contributed by atoms with Gasteiger partial charge in [-0.2, -0.15) is 5.10 Å². The van der Waals surface area contributed by atoms with Crippen LogP contribution in [0.1, 0.15) is 25.1 Å². The molecule has 5 heteroatoms. The summed E-state index contributed by atoms with van der Waals surface area (Å²) >= 11 is 6.12. The van der Waals surface area contributed by atoms with Gasteiger partial charge < -0.3 is 10.4 Å². The van der Waals surface area contributed by atoms with E-state index in [0.717, 1.165) is 17.7 Å². The lowest BCUT2D eigenvalue weighted by Crippen LogP contribution is -2.28. The Labute approximate surface area is 95.2 Å². The maximum absolute atomic E-state index is 8.90. The molecule has 0 saturated heterocycles. The van der Waals surface area contributed by atoms with Crippen molar-refractivity contribution in [2.24, 2.45) is 7.05 Å². The van der Waals surface area contributed by atoms with Crippen molar-refractivity contribution in [2.75, 3.05) is 6.61 Å². The number of aromatic nitrogens is 2. The Morgan fingerprint density at radius 2 is 2.27 bits per heavy atom. The molecule has 2 N–H and O–H groups in total. The third-order valence-corrected chi connectivity index (χ3v) is 2.86. The predicted octanol–water partition coefficient (Wildman–Crippen LogP) is 1.11. The molecule has 0 fully saturated rings. The molecule has 0 spiro atoms. The molecule has 0 aliphatic rings. The molecule has 0 bridgehead atoms. The van der Waals surface area contributed by atoms with E-state index in [2.05, 4.69) is 17.3 Å². The smallest absolute Gasteiger partial charge is 0.131 e. The van der Waals surface area contributed by atoms with E-state index in [1.165, 1.54) is 0 Å². The van der Waals surface area contributed by atoms with Crippen LogP contribution in [0.4, 0.5) is 0 Å². The van der Waals surface area contributed by atoms with Crippen molar-refractivity contribution >= 4 is 11.6 Å². The summed E-state index contributed by atoms with van der Waals surface area (Å²) in [5, 5.41) is 17.1. The number of aryl methyl sites for hydroxylation is 2. The van der Waals surface area contributed by atoms with Crippen molar-refractivity contribution in [1.82, 2.24) is 15.1 Å². The maximum Gasteiger partial charge on any atom is 0.131 e. The van der Waals surface area contributed by atoms with Gasteiger partial charge in [-0.25, -0.2) is 0 Å². The van der Waals surface area contributed by atoms with Crippen molar-refractivity contribution in [3.63, 3.8) is 0 Å². The van der Waals surface area contributed by atoms with E-state index in [4.69, 9.17) is 16.7 Å². The number of hydrogen-bond acceptors (Lipinski definition) is 3. The van der Waals surface area contributed by atoms with Crippen LogP contribution < -0.4 is 5.32 Å². The van der Waals surface area contributed by atoms with Crippen LogP contribution in [0.5, 0.6) is 0 Å². The van der Waals surface area contributed by atoms with Crippen molar-refractivity contribution in [2.45, 2.75) is 32.9 Å². The van der Waals surface area contributed by atoms with E-state index in [-0.39, 0.29) is 12.6 Å². The second-order valence-corrected chi connectivity index (χ2v) is 4.02. The molecule has 1 rings (SSSR count). The number of aliphatic hydroxyl groups excluding tert-OH is 1. The number of halogens is 1. The molecule has 4 nitrogen and oxygen atoms in total. The van der Waals surface area contributed by atoms with Gasteiger partial charge in [0.1, 0.15) is 5.15 Å². The first kappa shape index (κ1) is 12.5. The second-order valence-electron chi connectivity index (χ2n) is 3.66. The average molecular weight is 232 g/mol. The number of nitrogens with one attached hydrogen (secondary N) is 1. The lowest BCUT2D eigenvalue weighted by molar-refractivity contribution is 0.251. The zero-order valence-electron chi connectivity index (χ0n) is 9.42. The standard InChI is InChI=1S/C10H18ClN3O/c1-4-9-8(5-12-7(2)6-15)10(11)14(3)13-9/h7,12,15H,4-6H2,1-3H3/t7-/m0/s1. The lowest BCUT2D eigenvalue weighted by Gasteiger charge is -2.10. The first-order valence-corrected chi connectivity index (χ1v) is 5.52. The molecule has 0 radical (unpaired) electrons. The van der Waals surface area contributed by atoms with Crippen LogP contribution in [0.25, 0.3) is 0 Å². The number of nitrogens with zero attached hydrogens (tertiary/aromatic N) is 2. The molecule has 0 aliphatic carbocycles. The Kier molecular flexibility index (Phi) is 4.57. The Bertz CT molecular complexity index is 325. The highest BCUT2D eigenvalue weighted by Gasteiger charge is 2.13. The van der Waals surface area contributed by atoms with Gasteiger partial charge in [-0.3, -0.25) is 4.68 Å². The monoisotopic (exact) mass is 231 g/mol. The lowest BCUT2D eigenvalue weighted by atomic mass is 10.2. The molecule has 1 aromatic heterocycles. The van der Waals surface area contributed by atoms with Crippen LogP contribution in [-0.4, -0.2) is 27.5 Å². The minimum Gasteiger partial charge on any atom is -0.395 e.